The Bertz CT molecular complexity index is 887. The van der Waals surface area contributed by atoms with Gasteiger partial charge in [-0.05, 0) is 43.3 Å². The van der Waals surface area contributed by atoms with Gasteiger partial charge in [0, 0.05) is 6.07 Å². The minimum Gasteiger partial charge on any atom is -0.457 e. The maximum Gasteiger partial charge on any atom is 0.263 e. The summed E-state index contributed by atoms with van der Waals surface area (Å²) in [5.74, 6) is 1.90. The largest absolute Gasteiger partial charge is 0.457 e. The van der Waals surface area contributed by atoms with Gasteiger partial charge in [-0.2, -0.15) is 0 Å². The van der Waals surface area contributed by atoms with Crippen LogP contribution in [0.1, 0.15) is 5.76 Å². The first-order valence-electron chi connectivity index (χ1n) is 6.82. The highest BCUT2D eigenvalue weighted by atomic mass is 32.2. The summed E-state index contributed by atoms with van der Waals surface area (Å²) in [7, 11) is -3.72. The summed E-state index contributed by atoms with van der Waals surface area (Å²) >= 11 is 0. The van der Waals surface area contributed by atoms with E-state index in [-0.39, 0.29) is 10.7 Å². The van der Waals surface area contributed by atoms with E-state index in [9.17, 15) is 8.42 Å². The molecule has 0 saturated heterocycles. The molecule has 1 heterocycles. The number of ether oxygens (including phenoxy) is 1. The van der Waals surface area contributed by atoms with Gasteiger partial charge < -0.3 is 9.26 Å². The molecule has 118 valence electrons. The Labute approximate surface area is 133 Å². The van der Waals surface area contributed by atoms with Crippen molar-refractivity contribution in [3.63, 3.8) is 0 Å². The quantitative estimate of drug-likeness (QED) is 0.773. The first kappa shape index (κ1) is 15.1. The van der Waals surface area contributed by atoms with E-state index >= 15 is 0 Å². The summed E-state index contributed by atoms with van der Waals surface area (Å²) in [6.45, 7) is 1.68. The number of hydrogen-bond acceptors (Lipinski definition) is 5. The van der Waals surface area contributed by atoms with E-state index in [0.29, 0.717) is 17.3 Å². The Morgan fingerprint density at radius 1 is 1.00 bits per heavy atom. The second kappa shape index (κ2) is 6.13. The third-order valence-corrected chi connectivity index (χ3v) is 4.35. The van der Waals surface area contributed by atoms with Gasteiger partial charge in [0.1, 0.15) is 17.3 Å². The van der Waals surface area contributed by atoms with Crippen LogP contribution in [0.3, 0.4) is 0 Å². The highest BCUT2D eigenvalue weighted by molar-refractivity contribution is 7.92. The van der Waals surface area contributed by atoms with E-state index < -0.39 is 10.0 Å². The Kier molecular flexibility index (Phi) is 4.03. The summed E-state index contributed by atoms with van der Waals surface area (Å²) in [6, 6.07) is 16.9. The van der Waals surface area contributed by atoms with Gasteiger partial charge >= 0.3 is 0 Å². The van der Waals surface area contributed by atoms with Crippen LogP contribution in [0.4, 0.5) is 5.82 Å². The molecular weight excluding hydrogens is 316 g/mol. The lowest BCUT2D eigenvalue weighted by atomic mass is 10.3. The fourth-order valence-electron chi connectivity index (χ4n) is 1.92. The Morgan fingerprint density at radius 3 is 2.26 bits per heavy atom. The number of hydrogen-bond donors (Lipinski definition) is 1. The zero-order valence-corrected chi connectivity index (χ0v) is 13.1. The van der Waals surface area contributed by atoms with Crippen molar-refractivity contribution < 1.29 is 17.7 Å². The van der Waals surface area contributed by atoms with Gasteiger partial charge in [-0.25, -0.2) is 8.42 Å². The maximum absolute atomic E-state index is 12.2. The van der Waals surface area contributed by atoms with Crippen molar-refractivity contribution in [1.82, 2.24) is 5.16 Å². The Balaban J connectivity index is 1.76. The zero-order chi connectivity index (χ0) is 16.3. The SMILES string of the molecule is Cc1cc(NS(=O)(=O)c2ccc(Oc3ccccc3)cc2)no1. The highest BCUT2D eigenvalue weighted by Gasteiger charge is 2.16. The van der Waals surface area contributed by atoms with Gasteiger partial charge in [-0.1, -0.05) is 23.4 Å². The zero-order valence-electron chi connectivity index (χ0n) is 12.3. The number of nitrogens with one attached hydrogen (secondary N) is 1. The van der Waals surface area contributed by atoms with Crippen molar-refractivity contribution in [2.45, 2.75) is 11.8 Å². The molecule has 0 spiro atoms. The second-order valence-electron chi connectivity index (χ2n) is 4.81. The van der Waals surface area contributed by atoms with Crippen LogP contribution in [-0.4, -0.2) is 13.6 Å². The van der Waals surface area contributed by atoms with E-state index in [4.69, 9.17) is 9.26 Å². The standard InChI is InChI=1S/C16H14N2O4S/c1-12-11-16(17-22-12)18-23(19,20)15-9-7-14(8-10-15)21-13-5-3-2-4-6-13/h2-11H,1H3,(H,17,18). The minimum atomic E-state index is -3.72. The molecule has 1 aromatic heterocycles. The van der Waals surface area contributed by atoms with Crippen LogP contribution in [0.25, 0.3) is 0 Å². The molecule has 0 aliphatic carbocycles. The summed E-state index contributed by atoms with van der Waals surface area (Å²) in [5.41, 5.74) is 0. The molecular formula is C16H14N2O4S. The van der Waals surface area contributed by atoms with Crippen LogP contribution in [0.15, 0.2) is 70.1 Å². The van der Waals surface area contributed by atoms with Gasteiger partial charge in [0.15, 0.2) is 5.82 Å². The van der Waals surface area contributed by atoms with E-state index in [2.05, 4.69) is 9.88 Å². The van der Waals surface area contributed by atoms with Crippen LogP contribution in [0.2, 0.25) is 0 Å². The second-order valence-corrected chi connectivity index (χ2v) is 6.50. The molecule has 0 saturated carbocycles. The lowest BCUT2D eigenvalue weighted by Crippen LogP contribution is -2.12. The normalized spacial score (nSPS) is 11.2. The summed E-state index contributed by atoms with van der Waals surface area (Å²) in [5, 5.41) is 3.61. The average molecular weight is 330 g/mol. The predicted octanol–water partition coefficient (Wildman–Crippen LogP) is 3.58. The third-order valence-electron chi connectivity index (χ3n) is 2.98. The van der Waals surface area contributed by atoms with Crippen molar-refractivity contribution >= 4 is 15.8 Å². The van der Waals surface area contributed by atoms with Crippen molar-refractivity contribution in [2.24, 2.45) is 0 Å². The summed E-state index contributed by atoms with van der Waals surface area (Å²) < 4.78 is 37.3. The van der Waals surface area contributed by atoms with E-state index in [1.807, 2.05) is 30.3 Å². The van der Waals surface area contributed by atoms with Crippen molar-refractivity contribution in [2.75, 3.05) is 4.72 Å². The minimum absolute atomic E-state index is 0.110. The number of benzene rings is 2. The first-order valence-corrected chi connectivity index (χ1v) is 8.30. The molecule has 3 rings (SSSR count). The van der Waals surface area contributed by atoms with Gasteiger partial charge in [-0.3, -0.25) is 4.72 Å². The number of sulfonamides is 1. The number of rotatable bonds is 5. The smallest absolute Gasteiger partial charge is 0.263 e. The molecule has 0 amide bonds. The van der Waals surface area contributed by atoms with Gasteiger partial charge in [-0.15, -0.1) is 0 Å². The highest BCUT2D eigenvalue weighted by Crippen LogP contribution is 2.23. The number of aryl methyl sites for hydroxylation is 1. The lowest BCUT2D eigenvalue weighted by Gasteiger charge is -2.07. The molecule has 0 bridgehead atoms. The molecule has 0 aliphatic rings. The number of para-hydroxylation sites is 1. The molecule has 6 nitrogen and oxygen atoms in total. The fraction of sp³-hybridized carbons (Fsp3) is 0.0625. The summed E-state index contributed by atoms with van der Waals surface area (Å²) in [6.07, 6.45) is 0. The van der Waals surface area contributed by atoms with Crippen molar-refractivity contribution in [3.05, 3.63) is 66.4 Å². The van der Waals surface area contributed by atoms with Gasteiger partial charge in [0.05, 0.1) is 4.90 Å². The van der Waals surface area contributed by atoms with Gasteiger partial charge in [0.2, 0.25) is 0 Å². The maximum atomic E-state index is 12.2. The van der Waals surface area contributed by atoms with Crippen LogP contribution in [0.5, 0.6) is 11.5 Å². The van der Waals surface area contributed by atoms with Crippen LogP contribution in [0, 0.1) is 6.92 Å². The molecule has 2 aromatic carbocycles. The predicted molar refractivity (Wildman–Crippen MR) is 85.0 cm³/mol. The molecule has 0 radical (unpaired) electrons. The Hall–Kier alpha value is -2.80. The number of anilines is 1. The third kappa shape index (κ3) is 3.70. The Morgan fingerprint density at radius 2 is 1.65 bits per heavy atom. The fourth-order valence-corrected chi connectivity index (χ4v) is 2.91. The molecule has 0 atom stereocenters. The van der Waals surface area contributed by atoms with E-state index in [1.54, 1.807) is 19.1 Å². The molecule has 23 heavy (non-hydrogen) atoms. The van der Waals surface area contributed by atoms with Crippen LogP contribution >= 0.6 is 0 Å². The molecule has 3 aromatic rings. The molecule has 1 N–H and O–H groups in total. The van der Waals surface area contributed by atoms with E-state index in [1.165, 1.54) is 18.2 Å². The van der Waals surface area contributed by atoms with Crippen molar-refractivity contribution in [3.8, 4) is 11.5 Å². The lowest BCUT2D eigenvalue weighted by molar-refractivity contribution is 0.400. The molecule has 0 aliphatic heterocycles. The molecule has 0 fully saturated rings. The van der Waals surface area contributed by atoms with Crippen LogP contribution in [-0.2, 0) is 10.0 Å². The van der Waals surface area contributed by atoms with E-state index in [0.717, 1.165) is 0 Å². The first-order chi connectivity index (χ1) is 11.0. The average Bonchev–Trinajstić information content (AvgIpc) is 2.93. The number of nitrogens with zero attached hydrogens (tertiary/aromatic N) is 1. The molecule has 0 unspecified atom stereocenters. The van der Waals surface area contributed by atoms with Crippen molar-refractivity contribution in [1.29, 1.82) is 0 Å². The topological polar surface area (TPSA) is 81.4 Å². The monoisotopic (exact) mass is 330 g/mol. The van der Waals surface area contributed by atoms with Crippen LogP contribution < -0.4 is 9.46 Å². The number of aromatic nitrogens is 1. The van der Waals surface area contributed by atoms with Gasteiger partial charge in [0.25, 0.3) is 10.0 Å². The molecule has 7 heteroatoms. The summed E-state index contributed by atoms with van der Waals surface area (Å²) in [4.78, 5) is 0.110.